The van der Waals surface area contributed by atoms with Gasteiger partial charge in [-0.25, -0.2) is 0 Å². The van der Waals surface area contributed by atoms with Gasteiger partial charge < -0.3 is 5.11 Å². The standard InChI is InChI=1S/C21H36O2/c1-3-5-6-7-8-9-10-11-12-13-14-15-16-18-21(23)19-20(22)17-4-2/h5-10,21,23H,3-4,11-19H2,1-2H3/b6-5+,8-7-,10-9-. The summed E-state index contributed by atoms with van der Waals surface area (Å²) >= 11 is 0. The van der Waals surface area contributed by atoms with E-state index in [1.807, 2.05) is 6.92 Å². The zero-order valence-corrected chi connectivity index (χ0v) is 15.2. The predicted molar refractivity (Wildman–Crippen MR) is 101 cm³/mol. The van der Waals surface area contributed by atoms with E-state index in [2.05, 4.69) is 43.4 Å². The normalized spacial score (nSPS) is 13.5. The zero-order chi connectivity index (χ0) is 17.2. The van der Waals surface area contributed by atoms with Crippen LogP contribution in [-0.2, 0) is 4.79 Å². The lowest BCUT2D eigenvalue weighted by Crippen LogP contribution is -2.12. The number of hydrogen-bond acceptors (Lipinski definition) is 2. The number of carbonyl (C=O) groups excluding carboxylic acids is 1. The molecule has 0 rings (SSSR count). The summed E-state index contributed by atoms with van der Waals surface area (Å²) in [6, 6.07) is 0. The molecular formula is C21H36O2. The third-order valence-electron chi connectivity index (χ3n) is 3.74. The Labute approximate surface area is 143 Å². The molecule has 132 valence electrons. The summed E-state index contributed by atoms with van der Waals surface area (Å²) in [5, 5.41) is 9.78. The van der Waals surface area contributed by atoms with Crippen molar-refractivity contribution in [1.29, 1.82) is 0 Å². The topological polar surface area (TPSA) is 37.3 Å². The number of allylic oxidation sites excluding steroid dienone is 6. The van der Waals surface area contributed by atoms with Crippen LogP contribution in [0, 0.1) is 0 Å². The molecule has 0 aliphatic carbocycles. The van der Waals surface area contributed by atoms with Crippen LogP contribution in [0.4, 0.5) is 0 Å². The highest BCUT2D eigenvalue weighted by atomic mass is 16.3. The van der Waals surface area contributed by atoms with Gasteiger partial charge in [0, 0.05) is 12.8 Å². The van der Waals surface area contributed by atoms with Crippen LogP contribution in [0.5, 0.6) is 0 Å². The highest BCUT2D eigenvalue weighted by molar-refractivity contribution is 5.78. The van der Waals surface area contributed by atoms with Crippen LogP contribution in [0.3, 0.4) is 0 Å². The molecule has 1 unspecified atom stereocenters. The molecule has 0 fully saturated rings. The number of aliphatic hydroxyl groups excluding tert-OH is 1. The molecule has 0 aromatic rings. The van der Waals surface area contributed by atoms with Crippen molar-refractivity contribution in [3.63, 3.8) is 0 Å². The van der Waals surface area contributed by atoms with Crippen molar-refractivity contribution in [3.05, 3.63) is 36.5 Å². The van der Waals surface area contributed by atoms with Crippen molar-refractivity contribution in [1.82, 2.24) is 0 Å². The van der Waals surface area contributed by atoms with Crippen LogP contribution >= 0.6 is 0 Å². The van der Waals surface area contributed by atoms with Gasteiger partial charge in [-0.3, -0.25) is 4.79 Å². The molecule has 0 bridgehead atoms. The molecular weight excluding hydrogens is 284 g/mol. The molecule has 1 atom stereocenters. The van der Waals surface area contributed by atoms with Gasteiger partial charge in [-0.2, -0.15) is 0 Å². The quantitative estimate of drug-likeness (QED) is 0.300. The van der Waals surface area contributed by atoms with Crippen LogP contribution in [0.2, 0.25) is 0 Å². The van der Waals surface area contributed by atoms with Gasteiger partial charge in [-0.05, 0) is 32.1 Å². The van der Waals surface area contributed by atoms with E-state index in [0.29, 0.717) is 12.8 Å². The molecule has 2 nitrogen and oxygen atoms in total. The second-order valence-corrected chi connectivity index (χ2v) is 6.14. The summed E-state index contributed by atoms with van der Waals surface area (Å²) < 4.78 is 0. The predicted octanol–water partition coefficient (Wildman–Crippen LogP) is 5.92. The fourth-order valence-electron chi connectivity index (χ4n) is 2.44. The Morgan fingerprint density at radius 1 is 0.913 bits per heavy atom. The number of unbranched alkanes of at least 4 members (excludes halogenated alkanes) is 5. The smallest absolute Gasteiger partial charge is 0.135 e. The second-order valence-electron chi connectivity index (χ2n) is 6.14. The molecule has 0 amide bonds. The van der Waals surface area contributed by atoms with Crippen LogP contribution in [-0.4, -0.2) is 17.0 Å². The van der Waals surface area contributed by atoms with E-state index in [1.165, 1.54) is 19.3 Å². The largest absolute Gasteiger partial charge is 0.393 e. The maximum atomic E-state index is 11.4. The van der Waals surface area contributed by atoms with E-state index in [1.54, 1.807) is 0 Å². The number of aliphatic hydroxyl groups is 1. The minimum Gasteiger partial charge on any atom is -0.393 e. The summed E-state index contributed by atoms with van der Waals surface area (Å²) in [6.07, 6.45) is 23.0. The lowest BCUT2D eigenvalue weighted by molar-refractivity contribution is -0.121. The molecule has 0 aromatic carbocycles. The molecule has 2 heteroatoms. The van der Waals surface area contributed by atoms with Gasteiger partial charge in [0.05, 0.1) is 6.10 Å². The molecule has 0 aliphatic heterocycles. The van der Waals surface area contributed by atoms with E-state index in [9.17, 15) is 9.90 Å². The maximum absolute atomic E-state index is 11.4. The molecule has 0 saturated heterocycles. The van der Waals surface area contributed by atoms with E-state index < -0.39 is 6.10 Å². The molecule has 0 aliphatic rings. The first kappa shape index (κ1) is 21.9. The lowest BCUT2D eigenvalue weighted by atomic mass is 10.0. The van der Waals surface area contributed by atoms with E-state index in [4.69, 9.17) is 0 Å². The van der Waals surface area contributed by atoms with Crippen molar-refractivity contribution >= 4 is 5.78 Å². The number of rotatable bonds is 15. The number of carbonyl (C=O) groups is 1. The second kappa shape index (κ2) is 17.2. The molecule has 0 spiro atoms. The Kier molecular flexibility index (Phi) is 16.3. The van der Waals surface area contributed by atoms with Crippen LogP contribution in [0.25, 0.3) is 0 Å². The van der Waals surface area contributed by atoms with Crippen LogP contribution in [0.15, 0.2) is 36.5 Å². The Hall–Kier alpha value is -1.15. The van der Waals surface area contributed by atoms with Gasteiger partial charge in [-0.15, -0.1) is 0 Å². The van der Waals surface area contributed by atoms with Gasteiger partial charge >= 0.3 is 0 Å². The first-order chi connectivity index (χ1) is 11.2. The Morgan fingerprint density at radius 3 is 2.26 bits per heavy atom. The SMILES string of the molecule is CC/C=C/C=C\C=C/CCCCCCCC(O)CC(=O)CCC. The average Bonchev–Trinajstić information content (AvgIpc) is 2.52. The van der Waals surface area contributed by atoms with Crippen molar-refractivity contribution < 1.29 is 9.90 Å². The lowest BCUT2D eigenvalue weighted by Gasteiger charge is -2.09. The van der Waals surface area contributed by atoms with Gasteiger partial charge in [0.2, 0.25) is 0 Å². The van der Waals surface area contributed by atoms with E-state index in [0.717, 1.165) is 38.5 Å². The molecule has 1 N–H and O–H groups in total. The third kappa shape index (κ3) is 17.0. The van der Waals surface area contributed by atoms with Gasteiger partial charge in [0.15, 0.2) is 0 Å². The molecule has 0 radical (unpaired) electrons. The Balaban J connectivity index is 3.39. The van der Waals surface area contributed by atoms with Crippen molar-refractivity contribution in [2.45, 2.75) is 90.6 Å². The fourth-order valence-corrected chi connectivity index (χ4v) is 2.44. The Bertz CT molecular complexity index is 353. The first-order valence-electron chi connectivity index (χ1n) is 9.38. The van der Waals surface area contributed by atoms with Crippen LogP contribution < -0.4 is 0 Å². The van der Waals surface area contributed by atoms with Crippen LogP contribution in [0.1, 0.15) is 84.5 Å². The summed E-state index contributed by atoms with van der Waals surface area (Å²) in [7, 11) is 0. The number of hydrogen-bond donors (Lipinski definition) is 1. The van der Waals surface area contributed by atoms with E-state index >= 15 is 0 Å². The molecule has 0 aromatic heterocycles. The average molecular weight is 321 g/mol. The summed E-state index contributed by atoms with van der Waals surface area (Å²) in [6.45, 7) is 4.13. The summed E-state index contributed by atoms with van der Waals surface area (Å²) in [5.74, 6) is 0.200. The summed E-state index contributed by atoms with van der Waals surface area (Å²) in [4.78, 5) is 11.4. The van der Waals surface area contributed by atoms with Gasteiger partial charge in [0.1, 0.15) is 5.78 Å². The van der Waals surface area contributed by atoms with Crippen molar-refractivity contribution in [2.24, 2.45) is 0 Å². The Morgan fingerprint density at radius 2 is 1.57 bits per heavy atom. The van der Waals surface area contributed by atoms with Crippen molar-refractivity contribution in [3.8, 4) is 0 Å². The zero-order valence-electron chi connectivity index (χ0n) is 15.2. The highest BCUT2D eigenvalue weighted by Gasteiger charge is 2.09. The molecule has 0 saturated carbocycles. The number of ketones is 1. The highest BCUT2D eigenvalue weighted by Crippen LogP contribution is 2.11. The maximum Gasteiger partial charge on any atom is 0.135 e. The molecule has 23 heavy (non-hydrogen) atoms. The summed E-state index contributed by atoms with van der Waals surface area (Å²) in [5.41, 5.74) is 0. The van der Waals surface area contributed by atoms with E-state index in [-0.39, 0.29) is 5.78 Å². The fraction of sp³-hybridized carbons (Fsp3) is 0.667. The minimum atomic E-state index is -0.425. The monoisotopic (exact) mass is 320 g/mol. The first-order valence-corrected chi connectivity index (χ1v) is 9.38. The minimum absolute atomic E-state index is 0.200. The van der Waals surface area contributed by atoms with Gasteiger partial charge in [-0.1, -0.05) is 76.0 Å². The number of Topliss-reactive ketones (excluding diaryl/α,β-unsaturated/α-hetero) is 1. The van der Waals surface area contributed by atoms with Crippen molar-refractivity contribution in [2.75, 3.05) is 0 Å². The molecule has 0 heterocycles. The third-order valence-corrected chi connectivity index (χ3v) is 3.74. The van der Waals surface area contributed by atoms with Gasteiger partial charge in [0.25, 0.3) is 0 Å².